The first-order valence-electron chi connectivity index (χ1n) is 11.9. The molecule has 34 heavy (non-hydrogen) atoms. The summed E-state index contributed by atoms with van der Waals surface area (Å²) in [6.07, 6.45) is 7.62. The maximum atomic E-state index is 13.5. The van der Waals surface area contributed by atoms with E-state index in [4.69, 9.17) is 18.9 Å². The lowest BCUT2D eigenvalue weighted by atomic mass is 9.80. The fraction of sp³-hybridized carbons (Fsp3) is 0.393. The highest BCUT2D eigenvalue weighted by atomic mass is 16.7. The summed E-state index contributed by atoms with van der Waals surface area (Å²) in [5.74, 6) is 1.68. The van der Waals surface area contributed by atoms with E-state index in [2.05, 4.69) is 0 Å². The third kappa shape index (κ3) is 3.81. The minimum absolute atomic E-state index is 0.152. The van der Waals surface area contributed by atoms with E-state index in [1.807, 2.05) is 72.5 Å². The first kappa shape index (κ1) is 22.4. The van der Waals surface area contributed by atoms with Crippen molar-refractivity contribution in [1.82, 2.24) is 4.90 Å². The number of amides is 1. The second-order valence-electron chi connectivity index (χ2n) is 9.35. The summed E-state index contributed by atoms with van der Waals surface area (Å²) >= 11 is 0. The summed E-state index contributed by atoms with van der Waals surface area (Å²) in [6, 6.07) is 15.4. The second-order valence-corrected chi connectivity index (χ2v) is 9.35. The number of ether oxygens (including phenoxy) is 4. The maximum Gasteiger partial charge on any atom is 0.305 e. The molecule has 0 radical (unpaired) electrons. The molecule has 0 saturated carbocycles. The predicted octanol–water partition coefficient (Wildman–Crippen LogP) is 5.14. The lowest BCUT2D eigenvalue weighted by Gasteiger charge is -2.36. The number of nitrogens with zero attached hydrogens (tertiary/aromatic N) is 1. The molecular weight excluding hydrogens is 430 g/mol. The fourth-order valence-corrected chi connectivity index (χ4v) is 5.02. The summed E-state index contributed by atoms with van der Waals surface area (Å²) in [4.78, 5) is 15.4. The van der Waals surface area contributed by atoms with Crippen molar-refractivity contribution < 1.29 is 23.7 Å². The first-order chi connectivity index (χ1) is 16.5. The molecule has 1 unspecified atom stereocenters. The number of methoxy groups -OCH3 is 2. The van der Waals surface area contributed by atoms with Gasteiger partial charge in [0.15, 0.2) is 5.76 Å². The number of allylic oxidation sites excluding steroid dienone is 2. The smallest absolute Gasteiger partial charge is 0.305 e. The van der Waals surface area contributed by atoms with Gasteiger partial charge in [-0.3, -0.25) is 4.79 Å². The number of benzene rings is 2. The Morgan fingerprint density at radius 2 is 1.53 bits per heavy atom. The molecule has 0 bridgehead atoms. The number of piperidine rings is 1. The molecule has 1 aliphatic carbocycles. The van der Waals surface area contributed by atoms with E-state index >= 15 is 0 Å². The van der Waals surface area contributed by atoms with Crippen molar-refractivity contribution in [2.75, 3.05) is 27.3 Å². The minimum atomic E-state index is -1.21. The summed E-state index contributed by atoms with van der Waals surface area (Å²) in [5, 5.41) is 0. The SMILES string of the molecule is COc1cccc(C2(c3cccc(OC)c3)OC3=C(CC(C)(C(=O)N4CCCCC4)C=C3)O2)c1. The predicted molar refractivity (Wildman–Crippen MR) is 128 cm³/mol. The monoisotopic (exact) mass is 461 g/mol. The highest BCUT2D eigenvalue weighted by molar-refractivity contribution is 5.85. The molecule has 5 rings (SSSR count). The molecule has 3 aliphatic rings. The van der Waals surface area contributed by atoms with Crippen molar-refractivity contribution in [2.45, 2.75) is 38.4 Å². The number of rotatable bonds is 5. The highest BCUT2D eigenvalue weighted by Gasteiger charge is 2.50. The fourth-order valence-electron chi connectivity index (χ4n) is 5.02. The molecule has 1 atom stereocenters. The average Bonchev–Trinajstić information content (AvgIpc) is 3.28. The zero-order valence-electron chi connectivity index (χ0n) is 20.0. The summed E-state index contributed by atoms with van der Waals surface area (Å²) in [5.41, 5.74) is 0.928. The molecule has 178 valence electrons. The van der Waals surface area contributed by atoms with Gasteiger partial charge in [0.25, 0.3) is 0 Å². The van der Waals surface area contributed by atoms with Crippen molar-refractivity contribution in [3.05, 3.63) is 83.3 Å². The van der Waals surface area contributed by atoms with Gasteiger partial charge in [0.2, 0.25) is 5.91 Å². The topological polar surface area (TPSA) is 57.2 Å². The molecule has 0 aromatic heterocycles. The molecule has 2 aromatic rings. The summed E-state index contributed by atoms with van der Waals surface area (Å²) in [6.45, 7) is 3.64. The van der Waals surface area contributed by atoms with Gasteiger partial charge in [-0.25, -0.2) is 0 Å². The molecule has 1 saturated heterocycles. The minimum Gasteiger partial charge on any atom is -0.497 e. The van der Waals surface area contributed by atoms with Gasteiger partial charge < -0.3 is 23.8 Å². The normalized spacial score (nSPS) is 23.1. The van der Waals surface area contributed by atoms with Crippen molar-refractivity contribution in [2.24, 2.45) is 5.41 Å². The van der Waals surface area contributed by atoms with Gasteiger partial charge in [-0.05, 0) is 56.5 Å². The number of hydrogen-bond acceptors (Lipinski definition) is 5. The van der Waals surface area contributed by atoms with Crippen LogP contribution in [0, 0.1) is 5.41 Å². The van der Waals surface area contributed by atoms with Crippen LogP contribution in [-0.2, 0) is 20.1 Å². The van der Waals surface area contributed by atoms with Crippen LogP contribution in [0.5, 0.6) is 11.5 Å². The van der Waals surface area contributed by atoms with Gasteiger partial charge >= 0.3 is 5.79 Å². The van der Waals surface area contributed by atoms with Crippen LogP contribution < -0.4 is 9.47 Å². The van der Waals surface area contributed by atoms with Crippen LogP contribution in [0.4, 0.5) is 0 Å². The third-order valence-corrected chi connectivity index (χ3v) is 6.96. The summed E-state index contributed by atoms with van der Waals surface area (Å²) < 4.78 is 24.2. The lowest BCUT2D eigenvalue weighted by molar-refractivity contribution is -0.142. The molecule has 2 aromatic carbocycles. The Hall–Kier alpha value is -3.41. The van der Waals surface area contributed by atoms with Gasteiger partial charge in [-0.15, -0.1) is 0 Å². The van der Waals surface area contributed by atoms with E-state index < -0.39 is 11.2 Å². The van der Waals surface area contributed by atoms with Crippen molar-refractivity contribution in [1.29, 1.82) is 0 Å². The molecule has 2 aliphatic heterocycles. The molecule has 1 amide bonds. The van der Waals surface area contributed by atoms with Crippen LogP contribution in [0.1, 0.15) is 43.7 Å². The third-order valence-electron chi connectivity index (χ3n) is 6.96. The highest BCUT2D eigenvalue weighted by Crippen LogP contribution is 2.51. The Bertz CT molecular complexity index is 1100. The Morgan fingerprint density at radius 1 is 0.912 bits per heavy atom. The zero-order valence-corrected chi connectivity index (χ0v) is 20.0. The van der Waals surface area contributed by atoms with Crippen LogP contribution in [0.2, 0.25) is 0 Å². The van der Waals surface area contributed by atoms with Crippen LogP contribution >= 0.6 is 0 Å². The number of hydrogen-bond donors (Lipinski definition) is 0. The number of carbonyl (C=O) groups is 1. The van der Waals surface area contributed by atoms with Crippen LogP contribution in [-0.4, -0.2) is 38.1 Å². The number of likely N-dealkylation sites (tertiary alicyclic amines) is 1. The van der Waals surface area contributed by atoms with E-state index in [-0.39, 0.29) is 5.91 Å². The molecule has 6 heteroatoms. The van der Waals surface area contributed by atoms with E-state index in [9.17, 15) is 4.79 Å². The quantitative estimate of drug-likeness (QED) is 0.617. The molecule has 6 nitrogen and oxygen atoms in total. The average molecular weight is 462 g/mol. The number of carbonyl (C=O) groups excluding carboxylic acids is 1. The summed E-state index contributed by atoms with van der Waals surface area (Å²) in [7, 11) is 3.27. The van der Waals surface area contributed by atoms with Crippen molar-refractivity contribution in [3.63, 3.8) is 0 Å². The van der Waals surface area contributed by atoms with Crippen molar-refractivity contribution >= 4 is 5.91 Å². The van der Waals surface area contributed by atoms with Gasteiger partial charge in [0.05, 0.1) is 19.6 Å². The van der Waals surface area contributed by atoms with Gasteiger partial charge in [0, 0.05) is 30.6 Å². The van der Waals surface area contributed by atoms with Crippen LogP contribution in [0.15, 0.2) is 72.2 Å². The molecule has 0 N–H and O–H groups in total. The molecule has 0 spiro atoms. The van der Waals surface area contributed by atoms with Gasteiger partial charge in [-0.2, -0.15) is 0 Å². The maximum absolute atomic E-state index is 13.5. The van der Waals surface area contributed by atoms with Crippen LogP contribution in [0.3, 0.4) is 0 Å². The Balaban J connectivity index is 1.50. The molecular formula is C28H31NO5. The largest absolute Gasteiger partial charge is 0.497 e. The van der Waals surface area contributed by atoms with Crippen LogP contribution in [0.25, 0.3) is 0 Å². The van der Waals surface area contributed by atoms with E-state index in [1.165, 1.54) is 6.42 Å². The zero-order chi connectivity index (χ0) is 23.8. The van der Waals surface area contributed by atoms with E-state index in [1.54, 1.807) is 14.2 Å². The molecule has 2 heterocycles. The lowest BCUT2D eigenvalue weighted by Crippen LogP contribution is -2.44. The Morgan fingerprint density at radius 3 is 2.12 bits per heavy atom. The molecule has 1 fully saturated rings. The first-order valence-corrected chi connectivity index (χ1v) is 11.9. The van der Waals surface area contributed by atoms with Crippen molar-refractivity contribution in [3.8, 4) is 11.5 Å². The standard InChI is InChI=1S/C28H31NO5/c1-27(26(30)29-15-5-4-6-16-29)14-13-24-25(19-27)34-28(33-24,20-9-7-11-22(17-20)31-2)21-10-8-12-23(18-21)32-3/h7-14,17-18H,4-6,15-16,19H2,1-3H3. The van der Waals surface area contributed by atoms with Gasteiger partial charge in [-0.1, -0.05) is 30.3 Å². The van der Waals surface area contributed by atoms with E-state index in [0.29, 0.717) is 29.4 Å². The van der Waals surface area contributed by atoms with Gasteiger partial charge in [0.1, 0.15) is 17.3 Å². The Labute approximate surface area is 200 Å². The Kier molecular flexibility index (Phi) is 5.76. The second kappa shape index (κ2) is 8.75. The van der Waals surface area contributed by atoms with E-state index in [0.717, 1.165) is 37.1 Å².